The first-order chi connectivity index (χ1) is 19.7. The fourth-order valence-corrected chi connectivity index (χ4v) is 5.69. The van der Waals surface area contributed by atoms with Gasteiger partial charge in [-0.3, -0.25) is 0 Å². The van der Waals surface area contributed by atoms with Crippen molar-refractivity contribution >= 4 is 0 Å². The number of unbranched alkanes of at least 4 members (excludes halogenated alkanes) is 23. The summed E-state index contributed by atoms with van der Waals surface area (Å²) in [6, 6.07) is 0. The summed E-state index contributed by atoms with van der Waals surface area (Å²) in [5.41, 5.74) is 0. The Kier molecular flexibility index (Phi) is 34.5. The molecule has 240 valence electrons. The fraction of sp³-hybridized carbons (Fsp3) is 0.946. The lowest BCUT2D eigenvalue weighted by Crippen LogP contribution is -2.22. The van der Waals surface area contributed by atoms with Crippen LogP contribution in [-0.2, 0) is 4.74 Å². The fourth-order valence-electron chi connectivity index (χ4n) is 5.69. The molecule has 0 aromatic rings. The molecule has 0 saturated heterocycles. The van der Waals surface area contributed by atoms with Gasteiger partial charge < -0.3 is 14.9 Å². The normalized spacial score (nSPS) is 13.4. The minimum Gasteiger partial charge on any atom is -0.394 e. The molecule has 0 heterocycles. The molecule has 0 amide bonds. The van der Waals surface area contributed by atoms with Crippen LogP contribution in [0, 0.1) is 5.92 Å². The van der Waals surface area contributed by atoms with Crippen LogP contribution < -0.4 is 0 Å². The van der Waals surface area contributed by atoms with E-state index >= 15 is 0 Å². The second-order valence-electron chi connectivity index (χ2n) is 12.6. The van der Waals surface area contributed by atoms with Gasteiger partial charge in [0.05, 0.1) is 13.2 Å². The second-order valence-corrected chi connectivity index (χ2v) is 12.6. The van der Waals surface area contributed by atoms with Crippen molar-refractivity contribution in [1.29, 1.82) is 0 Å². The van der Waals surface area contributed by atoms with Crippen molar-refractivity contribution in [2.24, 2.45) is 5.92 Å². The number of hydrogen-bond acceptors (Lipinski definition) is 3. The number of aliphatic hydroxyl groups excluding tert-OH is 2. The highest BCUT2D eigenvalue weighted by Crippen LogP contribution is 2.20. The molecule has 0 fully saturated rings. The van der Waals surface area contributed by atoms with E-state index in [1.54, 1.807) is 0 Å². The van der Waals surface area contributed by atoms with Crippen molar-refractivity contribution in [3.63, 3.8) is 0 Å². The minimum absolute atomic E-state index is 0.211. The first kappa shape index (κ1) is 39.6. The molecule has 0 spiro atoms. The Morgan fingerprint density at radius 1 is 0.475 bits per heavy atom. The Balaban J connectivity index is 3.78. The van der Waals surface area contributed by atoms with Crippen LogP contribution in [0.4, 0.5) is 0 Å². The first-order valence-electron chi connectivity index (χ1n) is 18.3. The summed E-state index contributed by atoms with van der Waals surface area (Å²) < 4.78 is 5.77. The van der Waals surface area contributed by atoms with Crippen molar-refractivity contribution in [2.75, 3.05) is 19.8 Å². The summed E-state index contributed by atoms with van der Waals surface area (Å²) in [6.45, 7) is 5.36. The molecule has 0 aliphatic carbocycles. The Morgan fingerprint density at radius 2 is 0.825 bits per heavy atom. The number of hydrogen-bond donors (Lipinski definition) is 2. The molecule has 0 saturated carbocycles. The van der Waals surface area contributed by atoms with Crippen molar-refractivity contribution in [3.05, 3.63) is 12.2 Å². The third-order valence-electron chi connectivity index (χ3n) is 8.46. The molecule has 0 aromatic carbocycles. The van der Waals surface area contributed by atoms with Gasteiger partial charge in [0.25, 0.3) is 0 Å². The summed E-state index contributed by atoms with van der Waals surface area (Å²) in [5, 5.41) is 18.7. The topological polar surface area (TPSA) is 49.7 Å². The smallest absolute Gasteiger partial charge is 0.100 e. The molecule has 2 unspecified atom stereocenters. The molecule has 0 aliphatic heterocycles. The highest BCUT2D eigenvalue weighted by Gasteiger charge is 2.11. The van der Waals surface area contributed by atoms with Crippen LogP contribution in [0.5, 0.6) is 0 Å². The monoisotopic (exact) mass is 567 g/mol. The summed E-state index contributed by atoms with van der Waals surface area (Å²) in [4.78, 5) is 0. The molecule has 3 heteroatoms. The molecule has 40 heavy (non-hydrogen) atoms. The Labute approximate surface area is 252 Å². The summed E-state index contributed by atoms with van der Waals surface area (Å²) in [5.74, 6) is 0.598. The van der Waals surface area contributed by atoms with Crippen molar-refractivity contribution in [1.82, 2.24) is 0 Å². The van der Waals surface area contributed by atoms with Gasteiger partial charge in [0, 0.05) is 6.61 Å². The molecule has 2 atom stereocenters. The zero-order chi connectivity index (χ0) is 29.2. The van der Waals surface area contributed by atoms with Crippen molar-refractivity contribution < 1.29 is 14.9 Å². The van der Waals surface area contributed by atoms with Gasteiger partial charge >= 0.3 is 0 Å². The third-order valence-corrected chi connectivity index (χ3v) is 8.46. The van der Waals surface area contributed by atoms with Crippen molar-refractivity contribution in [2.45, 2.75) is 200 Å². The first-order valence-corrected chi connectivity index (χ1v) is 18.3. The molecular weight excluding hydrogens is 492 g/mol. The van der Waals surface area contributed by atoms with E-state index in [1.165, 1.54) is 180 Å². The standard InChI is InChI=1S/C37H74O3/c1-3-5-7-9-11-13-15-17-19-21-23-25-27-29-31-36(34-40-35-37(39)33-38)32-30-28-26-24-22-20-18-16-14-12-10-8-6-4-2/h17,19,36-39H,3-16,18,20-35H2,1-2H3. The molecule has 0 bridgehead atoms. The molecular formula is C37H74O3. The lowest BCUT2D eigenvalue weighted by atomic mass is 9.94. The molecule has 0 aliphatic rings. The third kappa shape index (κ3) is 32.1. The Hall–Kier alpha value is -0.380. The number of rotatable bonds is 34. The van der Waals surface area contributed by atoms with Crippen LogP contribution in [0.15, 0.2) is 12.2 Å². The predicted molar refractivity (Wildman–Crippen MR) is 177 cm³/mol. The summed E-state index contributed by atoms with van der Waals surface area (Å²) in [7, 11) is 0. The van der Waals surface area contributed by atoms with E-state index in [4.69, 9.17) is 9.84 Å². The van der Waals surface area contributed by atoms with E-state index in [0.29, 0.717) is 5.92 Å². The van der Waals surface area contributed by atoms with E-state index in [1.807, 2.05) is 0 Å². The largest absolute Gasteiger partial charge is 0.394 e. The van der Waals surface area contributed by atoms with Crippen LogP contribution in [0.3, 0.4) is 0 Å². The summed E-state index contributed by atoms with van der Waals surface area (Å²) in [6.07, 6.45) is 42.3. The number of allylic oxidation sites excluding steroid dienone is 2. The summed E-state index contributed by atoms with van der Waals surface area (Å²) >= 11 is 0. The second kappa shape index (κ2) is 34.8. The van der Waals surface area contributed by atoms with E-state index in [0.717, 1.165) is 6.61 Å². The van der Waals surface area contributed by atoms with Gasteiger partial charge in [-0.2, -0.15) is 0 Å². The molecule has 0 rings (SSSR count). The molecule has 3 nitrogen and oxygen atoms in total. The Morgan fingerprint density at radius 3 is 1.20 bits per heavy atom. The highest BCUT2D eigenvalue weighted by atomic mass is 16.5. The van der Waals surface area contributed by atoms with E-state index in [-0.39, 0.29) is 13.2 Å². The average molecular weight is 567 g/mol. The van der Waals surface area contributed by atoms with Gasteiger partial charge in [-0.15, -0.1) is 0 Å². The van der Waals surface area contributed by atoms with Crippen LogP contribution in [0.2, 0.25) is 0 Å². The van der Waals surface area contributed by atoms with Gasteiger partial charge in [0.15, 0.2) is 0 Å². The number of ether oxygens (including phenoxy) is 1. The average Bonchev–Trinajstić information content (AvgIpc) is 2.96. The lowest BCUT2D eigenvalue weighted by molar-refractivity contribution is -0.00677. The van der Waals surface area contributed by atoms with Crippen LogP contribution in [0.1, 0.15) is 194 Å². The maximum atomic E-state index is 9.61. The van der Waals surface area contributed by atoms with E-state index in [9.17, 15) is 5.11 Å². The van der Waals surface area contributed by atoms with Gasteiger partial charge in [-0.05, 0) is 44.4 Å². The quantitative estimate of drug-likeness (QED) is 0.0601. The molecule has 2 N–H and O–H groups in total. The SMILES string of the molecule is CCCCCCCCC=CCCCCCCC(CCCCCCCCCCCCCCCC)COCC(O)CO. The van der Waals surface area contributed by atoms with Gasteiger partial charge in [-0.1, -0.05) is 167 Å². The van der Waals surface area contributed by atoms with Crippen LogP contribution in [-0.4, -0.2) is 36.1 Å². The minimum atomic E-state index is -0.740. The maximum Gasteiger partial charge on any atom is 0.100 e. The zero-order valence-electron chi connectivity index (χ0n) is 27.5. The van der Waals surface area contributed by atoms with Gasteiger partial charge in [-0.25, -0.2) is 0 Å². The van der Waals surface area contributed by atoms with Crippen LogP contribution in [0.25, 0.3) is 0 Å². The maximum absolute atomic E-state index is 9.61. The zero-order valence-corrected chi connectivity index (χ0v) is 27.5. The highest BCUT2D eigenvalue weighted by molar-refractivity contribution is 4.81. The molecule has 0 aromatic heterocycles. The van der Waals surface area contributed by atoms with E-state index < -0.39 is 6.10 Å². The lowest BCUT2D eigenvalue weighted by Gasteiger charge is -2.18. The van der Waals surface area contributed by atoms with Crippen LogP contribution >= 0.6 is 0 Å². The molecule has 0 radical (unpaired) electrons. The van der Waals surface area contributed by atoms with E-state index in [2.05, 4.69) is 26.0 Å². The predicted octanol–water partition coefficient (Wildman–Crippen LogP) is 11.5. The van der Waals surface area contributed by atoms with Gasteiger partial charge in [0.1, 0.15) is 6.10 Å². The van der Waals surface area contributed by atoms with Gasteiger partial charge in [0.2, 0.25) is 0 Å². The number of aliphatic hydroxyl groups is 2. The Bertz CT molecular complexity index is 478. The van der Waals surface area contributed by atoms with Crippen molar-refractivity contribution in [3.8, 4) is 0 Å².